The standard InChI is InChI=1S/C15H30N2O2/c1-18-9-7-17(8-10-19-2)12-14-11-13-5-3-4-6-15(13)16-14/h13-16H,3-12H2,1-2H3. The Morgan fingerprint density at radius 1 is 1.05 bits per heavy atom. The Balaban J connectivity index is 1.76. The van der Waals surface area contributed by atoms with Gasteiger partial charge in [-0.25, -0.2) is 0 Å². The average Bonchev–Trinajstić information content (AvgIpc) is 2.84. The Hall–Kier alpha value is -0.160. The second-order valence-corrected chi connectivity index (χ2v) is 6.04. The van der Waals surface area contributed by atoms with Crippen molar-refractivity contribution in [2.45, 2.75) is 44.2 Å². The first kappa shape index (κ1) is 15.2. The van der Waals surface area contributed by atoms with Crippen LogP contribution in [0.15, 0.2) is 0 Å². The number of hydrogen-bond donors (Lipinski definition) is 1. The largest absolute Gasteiger partial charge is 0.383 e. The lowest BCUT2D eigenvalue weighted by atomic mass is 9.85. The molecule has 2 aliphatic rings. The van der Waals surface area contributed by atoms with Crippen molar-refractivity contribution in [2.75, 3.05) is 47.1 Å². The summed E-state index contributed by atoms with van der Waals surface area (Å²) in [6.07, 6.45) is 7.04. The van der Waals surface area contributed by atoms with E-state index in [9.17, 15) is 0 Å². The van der Waals surface area contributed by atoms with E-state index in [1.807, 2.05) is 0 Å². The normalized spacial score (nSPS) is 30.8. The highest BCUT2D eigenvalue weighted by atomic mass is 16.5. The summed E-state index contributed by atoms with van der Waals surface area (Å²) in [6.45, 7) is 4.77. The Labute approximate surface area is 117 Å². The smallest absolute Gasteiger partial charge is 0.0589 e. The number of hydrogen-bond acceptors (Lipinski definition) is 4. The monoisotopic (exact) mass is 270 g/mol. The van der Waals surface area contributed by atoms with E-state index in [4.69, 9.17) is 9.47 Å². The molecule has 1 aliphatic heterocycles. The number of fused-ring (bicyclic) bond motifs is 1. The van der Waals surface area contributed by atoms with Gasteiger partial charge in [0.15, 0.2) is 0 Å². The molecule has 0 radical (unpaired) electrons. The van der Waals surface area contributed by atoms with E-state index < -0.39 is 0 Å². The SMILES string of the molecule is COCCN(CCOC)CC1CC2CCCCC2N1. The predicted molar refractivity (Wildman–Crippen MR) is 77.5 cm³/mol. The minimum absolute atomic E-state index is 0.668. The molecule has 1 heterocycles. The molecule has 4 nitrogen and oxygen atoms in total. The van der Waals surface area contributed by atoms with Crippen LogP contribution in [0, 0.1) is 5.92 Å². The second-order valence-electron chi connectivity index (χ2n) is 6.04. The number of nitrogens with zero attached hydrogens (tertiary/aromatic N) is 1. The van der Waals surface area contributed by atoms with Gasteiger partial charge in [-0.1, -0.05) is 12.8 Å². The highest BCUT2D eigenvalue weighted by Crippen LogP contribution is 2.33. The summed E-state index contributed by atoms with van der Waals surface area (Å²) in [5.74, 6) is 0.936. The van der Waals surface area contributed by atoms with Gasteiger partial charge in [-0.15, -0.1) is 0 Å². The predicted octanol–water partition coefficient (Wildman–Crippen LogP) is 1.50. The third kappa shape index (κ3) is 4.71. The maximum Gasteiger partial charge on any atom is 0.0589 e. The van der Waals surface area contributed by atoms with Crippen LogP contribution < -0.4 is 5.32 Å². The van der Waals surface area contributed by atoms with Crippen molar-refractivity contribution in [3.63, 3.8) is 0 Å². The number of methoxy groups -OCH3 is 2. The van der Waals surface area contributed by atoms with Crippen LogP contribution in [-0.2, 0) is 9.47 Å². The Morgan fingerprint density at radius 2 is 1.74 bits per heavy atom. The maximum atomic E-state index is 5.21. The molecule has 2 rings (SSSR count). The van der Waals surface area contributed by atoms with Crippen LogP contribution in [0.25, 0.3) is 0 Å². The molecule has 0 aromatic heterocycles. The van der Waals surface area contributed by atoms with E-state index in [2.05, 4.69) is 10.2 Å². The Kier molecular flexibility index (Phi) is 6.57. The molecule has 19 heavy (non-hydrogen) atoms. The van der Waals surface area contributed by atoms with Gasteiger partial charge >= 0.3 is 0 Å². The first-order valence-corrected chi connectivity index (χ1v) is 7.79. The van der Waals surface area contributed by atoms with Crippen molar-refractivity contribution in [2.24, 2.45) is 5.92 Å². The molecule has 2 fully saturated rings. The van der Waals surface area contributed by atoms with Gasteiger partial charge in [0.25, 0.3) is 0 Å². The van der Waals surface area contributed by atoms with Crippen LogP contribution in [0.4, 0.5) is 0 Å². The van der Waals surface area contributed by atoms with Crippen molar-refractivity contribution >= 4 is 0 Å². The van der Waals surface area contributed by atoms with Crippen LogP contribution in [0.5, 0.6) is 0 Å². The van der Waals surface area contributed by atoms with Crippen LogP contribution in [-0.4, -0.2) is 64.1 Å². The molecule has 1 aliphatic carbocycles. The van der Waals surface area contributed by atoms with Gasteiger partial charge in [0.05, 0.1) is 13.2 Å². The van der Waals surface area contributed by atoms with Crippen LogP contribution in [0.2, 0.25) is 0 Å². The lowest BCUT2D eigenvalue weighted by Crippen LogP contribution is -2.42. The highest BCUT2D eigenvalue weighted by Gasteiger charge is 2.35. The van der Waals surface area contributed by atoms with Gasteiger partial charge < -0.3 is 14.8 Å². The van der Waals surface area contributed by atoms with Gasteiger partial charge in [-0.2, -0.15) is 0 Å². The Bertz CT molecular complexity index is 228. The molecule has 0 spiro atoms. The van der Waals surface area contributed by atoms with Crippen molar-refractivity contribution < 1.29 is 9.47 Å². The van der Waals surface area contributed by atoms with Gasteiger partial charge in [-0.05, 0) is 25.2 Å². The van der Waals surface area contributed by atoms with Crippen molar-refractivity contribution in [3.8, 4) is 0 Å². The molecule has 1 N–H and O–H groups in total. The fraction of sp³-hybridized carbons (Fsp3) is 1.00. The summed E-state index contributed by atoms with van der Waals surface area (Å²) in [7, 11) is 3.55. The number of rotatable bonds is 8. The van der Waals surface area contributed by atoms with E-state index in [1.165, 1.54) is 32.1 Å². The number of ether oxygens (including phenoxy) is 2. The fourth-order valence-electron chi connectivity index (χ4n) is 3.62. The lowest BCUT2D eigenvalue weighted by Gasteiger charge is -2.26. The molecule has 0 bridgehead atoms. The summed E-state index contributed by atoms with van der Waals surface area (Å²) in [4.78, 5) is 2.47. The van der Waals surface area contributed by atoms with Gasteiger partial charge in [-0.3, -0.25) is 4.90 Å². The molecule has 0 aromatic rings. The van der Waals surface area contributed by atoms with Crippen molar-refractivity contribution in [1.29, 1.82) is 0 Å². The zero-order chi connectivity index (χ0) is 13.5. The molecular weight excluding hydrogens is 240 g/mol. The minimum Gasteiger partial charge on any atom is -0.383 e. The summed E-state index contributed by atoms with van der Waals surface area (Å²) in [5.41, 5.74) is 0. The first-order chi connectivity index (χ1) is 9.33. The van der Waals surface area contributed by atoms with E-state index in [0.717, 1.165) is 44.8 Å². The molecule has 1 saturated carbocycles. The van der Waals surface area contributed by atoms with Crippen LogP contribution in [0.1, 0.15) is 32.1 Å². The van der Waals surface area contributed by atoms with Gasteiger partial charge in [0, 0.05) is 45.9 Å². The third-order valence-corrected chi connectivity index (χ3v) is 4.65. The van der Waals surface area contributed by atoms with Gasteiger partial charge in [0.2, 0.25) is 0 Å². The molecule has 4 heteroatoms. The average molecular weight is 270 g/mol. The summed E-state index contributed by atoms with van der Waals surface area (Å²) in [5, 5.41) is 3.85. The quantitative estimate of drug-likeness (QED) is 0.725. The fourth-order valence-corrected chi connectivity index (χ4v) is 3.62. The summed E-state index contributed by atoms with van der Waals surface area (Å²) >= 11 is 0. The lowest BCUT2D eigenvalue weighted by molar-refractivity contribution is 0.108. The van der Waals surface area contributed by atoms with E-state index in [0.29, 0.717) is 6.04 Å². The van der Waals surface area contributed by atoms with Crippen LogP contribution >= 0.6 is 0 Å². The summed E-state index contributed by atoms with van der Waals surface area (Å²) < 4.78 is 10.4. The van der Waals surface area contributed by atoms with Crippen molar-refractivity contribution in [1.82, 2.24) is 10.2 Å². The van der Waals surface area contributed by atoms with Gasteiger partial charge in [0.1, 0.15) is 0 Å². The van der Waals surface area contributed by atoms with Crippen LogP contribution in [0.3, 0.4) is 0 Å². The molecule has 112 valence electrons. The molecule has 0 aromatic carbocycles. The number of nitrogens with one attached hydrogen (secondary N) is 1. The van der Waals surface area contributed by atoms with E-state index in [-0.39, 0.29) is 0 Å². The van der Waals surface area contributed by atoms with E-state index in [1.54, 1.807) is 14.2 Å². The zero-order valence-electron chi connectivity index (χ0n) is 12.6. The Morgan fingerprint density at radius 3 is 2.37 bits per heavy atom. The van der Waals surface area contributed by atoms with Crippen molar-refractivity contribution in [3.05, 3.63) is 0 Å². The molecule has 0 amide bonds. The maximum absolute atomic E-state index is 5.21. The highest BCUT2D eigenvalue weighted by molar-refractivity contribution is 4.93. The molecule has 1 saturated heterocycles. The molecular formula is C15H30N2O2. The topological polar surface area (TPSA) is 33.7 Å². The second kappa shape index (κ2) is 8.20. The summed E-state index contributed by atoms with van der Waals surface area (Å²) in [6, 6.07) is 1.47. The zero-order valence-corrected chi connectivity index (χ0v) is 12.6. The first-order valence-electron chi connectivity index (χ1n) is 7.79. The van der Waals surface area contributed by atoms with E-state index >= 15 is 0 Å². The minimum atomic E-state index is 0.668. The molecule has 3 unspecified atom stereocenters. The molecule has 3 atom stereocenters. The third-order valence-electron chi connectivity index (χ3n) is 4.65.